The van der Waals surface area contributed by atoms with Crippen molar-refractivity contribution >= 4 is 27.7 Å². The first-order valence-corrected chi connectivity index (χ1v) is 5.79. The summed E-state index contributed by atoms with van der Waals surface area (Å²) in [5.74, 6) is -0.155. The van der Waals surface area contributed by atoms with Crippen LogP contribution in [0.2, 0.25) is 0 Å². The van der Waals surface area contributed by atoms with E-state index in [1.54, 1.807) is 13.8 Å². The minimum atomic E-state index is -0.582. The van der Waals surface area contributed by atoms with Crippen LogP contribution in [0.4, 0.5) is 0 Å². The summed E-state index contributed by atoms with van der Waals surface area (Å²) < 4.78 is -0.582. The third-order valence-electron chi connectivity index (χ3n) is 1.63. The molecule has 0 unspecified atom stereocenters. The minimum Gasteiger partial charge on any atom is -0.354 e. The molecule has 2 amide bonds. The molecule has 0 aromatic carbocycles. The number of hydrogen-bond donors (Lipinski definition) is 2. The van der Waals surface area contributed by atoms with Crippen molar-refractivity contribution in [2.75, 3.05) is 6.54 Å². The van der Waals surface area contributed by atoms with E-state index in [1.165, 1.54) is 0 Å². The molecule has 0 heterocycles. The zero-order valence-corrected chi connectivity index (χ0v) is 11.3. The van der Waals surface area contributed by atoms with E-state index in [-0.39, 0.29) is 17.9 Å². The van der Waals surface area contributed by atoms with Crippen LogP contribution >= 0.6 is 15.9 Å². The number of amides is 2. The lowest BCUT2D eigenvalue weighted by molar-refractivity contribution is -0.123. The molecule has 2 N–H and O–H groups in total. The number of carbonyl (C=O) groups excluding carboxylic acids is 2. The molecule has 0 rings (SSSR count). The maximum absolute atomic E-state index is 11.4. The highest BCUT2D eigenvalue weighted by molar-refractivity contribution is 9.10. The van der Waals surface area contributed by atoms with Crippen LogP contribution in [0.3, 0.4) is 0 Å². The summed E-state index contributed by atoms with van der Waals surface area (Å²) in [4.78, 5) is 22.6. The standard InChI is InChI=1S/C10H19BrN2O2/c1-7(2)13-8(14)5-6-12-9(15)10(3,4)11/h7H,5-6H2,1-4H3,(H,12,15)(H,13,14). The van der Waals surface area contributed by atoms with Crippen molar-refractivity contribution in [1.82, 2.24) is 10.6 Å². The molecule has 0 aromatic rings. The van der Waals surface area contributed by atoms with E-state index < -0.39 is 4.32 Å². The van der Waals surface area contributed by atoms with Crippen LogP contribution < -0.4 is 10.6 Å². The van der Waals surface area contributed by atoms with Gasteiger partial charge in [0.2, 0.25) is 11.8 Å². The Bertz CT molecular complexity index is 234. The molecule has 0 spiro atoms. The van der Waals surface area contributed by atoms with E-state index in [1.807, 2.05) is 13.8 Å². The topological polar surface area (TPSA) is 58.2 Å². The first-order chi connectivity index (χ1) is 6.73. The smallest absolute Gasteiger partial charge is 0.236 e. The highest BCUT2D eigenvalue weighted by Crippen LogP contribution is 2.14. The van der Waals surface area contributed by atoms with Crippen molar-refractivity contribution in [2.45, 2.75) is 44.5 Å². The Morgan fingerprint density at radius 2 is 1.87 bits per heavy atom. The summed E-state index contributed by atoms with van der Waals surface area (Å²) in [7, 11) is 0. The Labute approximate surface area is 99.3 Å². The average Bonchev–Trinajstić information content (AvgIpc) is 2.00. The molecule has 0 aliphatic rings. The summed E-state index contributed by atoms with van der Waals surface area (Å²) in [6.07, 6.45) is 0.312. The number of rotatable bonds is 5. The van der Waals surface area contributed by atoms with Gasteiger partial charge in [-0.3, -0.25) is 9.59 Å². The van der Waals surface area contributed by atoms with Crippen LogP contribution in [-0.2, 0) is 9.59 Å². The van der Waals surface area contributed by atoms with Crippen molar-refractivity contribution in [3.63, 3.8) is 0 Å². The predicted molar refractivity (Wildman–Crippen MR) is 63.9 cm³/mol. The van der Waals surface area contributed by atoms with Crippen LogP contribution in [-0.4, -0.2) is 28.7 Å². The van der Waals surface area contributed by atoms with Crippen LogP contribution in [0.5, 0.6) is 0 Å². The van der Waals surface area contributed by atoms with Gasteiger partial charge < -0.3 is 10.6 Å². The molecule has 0 fully saturated rings. The maximum Gasteiger partial charge on any atom is 0.236 e. The largest absolute Gasteiger partial charge is 0.354 e. The van der Waals surface area contributed by atoms with Crippen LogP contribution in [0, 0.1) is 0 Å². The quantitative estimate of drug-likeness (QED) is 0.743. The molecule has 0 aliphatic heterocycles. The van der Waals surface area contributed by atoms with Crippen molar-refractivity contribution in [2.24, 2.45) is 0 Å². The molecule has 5 heteroatoms. The van der Waals surface area contributed by atoms with Gasteiger partial charge in [0, 0.05) is 19.0 Å². The number of nitrogens with one attached hydrogen (secondary N) is 2. The Morgan fingerprint density at radius 3 is 2.27 bits per heavy atom. The SMILES string of the molecule is CC(C)NC(=O)CCNC(=O)C(C)(C)Br. The van der Waals surface area contributed by atoms with Crippen molar-refractivity contribution in [1.29, 1.82) is 0 Å². The van der Waals surface area contributed by atoms with Gasteiger partial charge in [-0.15, -0.1) is 0 Å². The third-order valence-corrected chi connectivity index (χ3v) is 1.99. The van der Waals surface area contributed by atoms with Gasteiger partial charge in [0.25, 0.3) is 0 Å². The zero-order chi connectivity index (χ0) is 12.1. The second kappa shape index (κ2) is 6.10. The van der Waals surface area contributed by atoms with Gasteiger partial charge in [-0.1, -0.05) is 15.9 Å². The van der Waals surface area contributed by atoms with Crippen molar-refractivity contribution < 1.29 is 9.59 Å². The summed E-state index contributed by atoms with van der Waals surface area (Å²) in [5, 5.41) is 5.43. The lowest BCUT2D eigenvalue weighted by atomic mass is 10.2. The summed E-state index contributed by atoms with van der Waals surface area (Å²) in [6, 6.07) is 0.140. The molecule has 0 atom stereocenters. The van der Waals surface area contributed by atoms with Crippen molar-refractivity contribution in [3.8, 4) is 0 Å². The summed E-state index contributed by atoms with van der Waals surface area (Å²) in [5.41, 5.74) is 0. The Kier molecular flexibility index (Phi) is 5.87. The van der Waals surface area contributed by atoms with Crippen molar-refractivity contribution in [3.05, 3.63) is 0 Å². The highest BCUT2D eigenvalue weighted by Gasteiger charge is 2.22. The number of carbonyl (C=O) groups is 2. The first kappa shape index (κ1) is 14.4. The molecule has 0 aliphatic carbocycles. The normalized spacial score (nSPS) is 11.3. The molecular formula is C10H19BrN2O2. The van der Waals surface area contributed by atoms with E-state index in [0.717, 1.165) is 0 Å². The minimum absolute atomic E-state index is 0.0438. The van der Waals surface area contributed by atoms with E-state index in [9.17, 15) is 9.59 Å². The van der Waals surface area contributed by atoms with E-state index in [0.29, 0.717) is 13.0 Å². The summed E-state index contributed by atoms with van der Waals surface area (Å²) >= 11 is 3.24. The number of alkyl halides is 1. The molecule has 4 nitrogen and oxygen atoms in total. The summed E-state index contributed by atoms with van der Waals surface area (Å²) in [6.45, 7) is 7.69. The van der Waals surface area contributed by atoms with E-state index in [2.05, 4.69) is 26.6 Å². The fourth-order valence-electron chi connectivity index (χ4n) is 0.894. The Morgan fingerprint density at radius 1 is 1.33 bits per heavy atom. The lowest BCUT2D eigenvalue weighted by Crippen LogP contribution is -2.40. The van der Waals surface area contributed by atoms with Gasteiger partial charge in [-0.05, 0) is 27.7 Å². The molecule has 0 radical (unpaired) electrons. The fraction of sp³-hybridized carbons (Fsp3) is 0.800. The second-order valence-corrected chi connectivity index (χ2v) is 6.18. The zero-order valence-electron chi connectivity index (χ0n) is 9.69. The van der Waals surface area contributed by atoms with Gasteiger partial charge in [0.1, 0.15) is 0 Å². The fourth-order valence-corrected chi connectivity index (χ4v) is 1.03. The Hall–Kier alpha value is -0.580. The van der Waals surface area contributed by atoms with Gasteiger partial charge >= 0.3 is 0 Å². The van der Waals surface area contributed by atoms with E-state index >= 15 is 0 Å². The third kappa shape index (κ3) is 7.36. The molecule has 88 valence electrons. The maximum atomic E-state index is 11.4. The average molecular weight is 279 g/mol. The highest BCUT2D eigenvalue weighted by atomic mass is 79.9. The van der Waals surface area contributed by atoms with Gasteiger partial charge in [0.15, 0.2) is 0 Å². The first-order valence-electron chi connectivity index (χ1n) is 5.00. The van der Waals surface area contributed by atoms with Crippen LogP contribution in [0.25, 0.3) is 0 Å². The van der Waals surface area contributed by atoms with E-state index in [4.69, 9.17) is 0 Å². The van der Waals surface area contributed by atoms with Crippen LogP contribution in [0.1, 0.15) is 34.1 Å². The van der Waals surface area contributed by atoms with Gasteiger partial charge in [0.05, 0.1) is 4.32 Å². The van der Waals surface area contributed by atoms with Gasteiger partial charge in [-0.25, -0.2) is 0 Å². The Balaban J connectivity index is 3.72. The molecule has 15 heavy (non-hydrogen) atoms. The second-order valence-electron chi connectivity index (χ2n) is 4.20. The predicted octanol–water partition coefficient (Wildman–Crippen LogP) is 1.19. The number of hydrogen-bond acceptors (Lipinski definition) is 2. The van der Waals surface area contributed by atoms with Gasteiger partial charge in [-0.2, -0.15) is 0 Å². The van der Waals surface area contributed by atoms with Crippen LogP contribution in [0.15, 0.2) is 0 Å². The monoisotopic (exact) mass is 278 g/mol. The molecular weight excluding hydrogens is 260 g/mol. The molecule has 0 bridgehead atoms. The lowest BCUT2D eigenvalue weighted by Gasteiger charge is -2.15. The molecule has 0 saturated carbocycles. The molecule has 0 aromatic heterocycles. The molecule has 0 saturated heterocycles. The number of halogens is 1.